The van der Waals surface area contributed by atoms with E-state index in [1.807, 2.05) is 0 Å². The second kappa shape index (κ2) is 5.37. The van der Waals surface area contributed by atoms with Gasteiger partial charge in [-0.3, -0.25) is 0 Å². The summed E-state index contributed by atoms with van der Waals surface area (Å²) in [6.07, 6.45) is 2.66. The normalized spacial score (nSPS) is 10.9. The Morgan fingerprint density at radius 2 is 2.14 bits per heavy atom. The fourth-order valence-corrected chi connectivity index (χ4v) is 2.12. The number of aromatic nitrogens is 4. The molecular formula is C14H10F2N6. The Bertz CT molecular complexity index is 881. The Labute approximate surface area is 124 Å². The van der Waals surface area contributed by atoms with Gasteiger partial charge in [0.05, 0.1) is 29.3 Å². The third-order valence-corrected chi connectivity index (χ3v) is 3.19. The molecule has 0 aliphatic carbocycles. The molecule has 8 heteroatoms. The standard InChI is InChI=1S/C14H10F2N6/c1-18-10-4-8(2-3-9(10)5-17)11-6-19-13-12(21-11)7-20-22(13)14(15)16/h2-4,6-7,14,18H,1H3. The number of hydrogen-bond donors (Lipinski definition) is 1. The lowest BCUT2D eigenvalue weighted by molar-refractivity contribution is 0.0608. The average molecular weight is 300 g/mol. The maximum atomic E-state index is 12.7. The molecule has 2 heterocycles. The van der Waals surface area contributed by atoms with Crippen LogP contribution in [0.2, 0.25) is 0 Å². The summed E-state index contributed by atoms with van der Waals surface area (Å²) in [5.74, 6) is 0. The molecule has 0 saturated carbocycles. The predicted octanol–water partition coefficient (Wildman–Crippen LogP) is 2.80. The van der Waals surface area contributed by atoms with E-state index >= 15 is 0 Å². The molecule has 0 radical (unpaired) electrons. The summed E-state index contributed by atoms with van der Waals surface area (Å²) < 4.78 is 26.0. The van der Waals surface area contributed by atoms with E-state index in [-0.39, 0.29) is 11.2 Å². The van der Waals surface area contributed by atoms with E-state index in [9.17, 15) is 8.78 Å². The van der Waals surface area contributed by atoms with Gasteiger partial charge in [-0.1, -0.05) is 6.07 Å². The number of nitrogens with one attached hydrogen (secondary N) is 1. The van der Waals surface area contributed by atoms with E-state index in [4.69, 9.17) is 5.26 Å². The van der Waals surface area contributed by atoms with Crippen molar-refractivity contribution in [1.82, 2.24) is 19.7 Å². The van der Waals surface area contributed by atoms with Crippen LogP contribution < -0.4 is 5.32 Å². The van der Waals surface area contributed by atoms with Gasteiger partial charge in [0, 0.05) is 12.6 Å². The van der Waals surface area contributed by atoms with Crippen LogP contribution in [0, 0.1) is 11.3 Å². The van der Waals surface area contributed by atoms with E-state index in [1.54, 1.807) is 25.2 Å². The van der Waals surface area contributed by atoms with Crippen molar-refractivity contribution in [2.75, 3.05) is 12.4 Å². The fourth-order valence-electron chi connectivity index (χ4n) is 2.12. The first-order valence-electron chi connectivity index (χ1n) is 6.34. The van der Waals surface area contributed by atoms with Crippen LogP contribution in [-0.4, -0.2) is 26.8 Å². The molecule has 0 saturated heterocycles. The quantitative estimate of drug-likeness (QED) is 0.804. The molecule has 0 bridgehead atoms. The number of fused-ring (bicyclic) bond motifs is 1. The van der Waals surface area contributed by atoms with Gasteiger partial charge in [-0.25, -0.2) is 9.97 Å². The van der Waals surface area contributed by atoms with E-state index in [0.29, 0.717) is 21.6 Å². The molecule has 0 aliphatic heterocycles. The molecule has 0 atom stereocenters. The minimum Gasteiger partial charge on any atom is -0.387 e. The Morgan fingerprint density at radius 3 is 2.82 bits per heavy atom. The molecule has 0 unspecified atom stereocenters. The molecule has 3 aromatic rings. The lowest BCUT2D eigenvalue weighted by atomic mass is 10.1. The number of nitriles is 1. The van der Waals surface area contributed by atoms with Crippen molar-refractivity contribution < 1.29 is 8.78 Å². The number of rotatable bonds is 3. The molecule has 2 aromatic heterocycles. The highest BCUT2D eigenvalue weighted by Crippen LogP contribution is 2.25. The van der Waals surface area contributed by atoms with Crippen LogP contribution in [0.5, 0.6) is 0 Å². The zero-order valence-electron chi connectivity index (χ0n) is 11.5. The van der Waals surface area contributed by atoms with Gasteiger partial charge in [0.15, 0.2) is 5.65 Å². The minimum atomic E-state index is -2.76. The van der Waals surface area contributed by atoms with E-state index in [0.717, 1.165) is 5.56 Å². The highest BCUT2D eigenvalue weighted by Gasteiger charge is 2.14. The minimum absolute atomic E-state index is 0.0289. The highest BCUT2D eigenvalue weighted by molar-refractivity contribution is 5.75. The van der Waals surface area contributed by atoms with Crippen molar-refractivity contribution in [1.29, 1.82) is 5.26 Å². The van der Waals surface area contributed by atoms with Crippen molar-refractivity contribution in [2.24, 2.45) is 0 Å². The fraction of sp³-hybridized carbons (Fsp3) is 0.143. The molecule has 0 spiro atoms. The first-order valence-corrected chi connectivity index (χ1v) is 6.34. The topological polar surface area (TPSA) is 79.4 Å². The van der Waals surface area contributed by atoms with Gasteiger partial charge in [-0.2, -0.15) is 23.8 Å². The Hall–Kier alpha value is -3.08. The first kappa shape index (κ1) is 13.9. The van der Waals surface area contributed by atoms with Gasteiger partial charge >= 0.3 is 6.55 Å². The predicted molar refractivity (Wildman–Crippen MR) is 76.3 cm³/mol. The van der Waals surface area contributed by atoms with Crippen molar-refractivity contribution in [2.45, 2.75) is 6.55 Å². The van der Waals surface area contributed by atoms with Crippen molar-refractivity contribution in [3.05, 3.63) is 36.2 Å². The lowest BCUT2D eigenvalue weighted by Crippen LogP contribution is -2.01. The van der Waals surface area contributed by atoms with Crippen LogP contribution in [-0.2, 0) is 0 Å². The van der Waals surface area contributed by atoms with Crippen molar-refractivity contribution in [3.8, 4) is 17.3 Å². The molecular weight excluding hydrogens is 290 g/mol. The summed E-state index contributed by atoms with van der Waals surface area (Å²) in [4.78, 5) is 8.30. The van der Waals surface area contributed by atoms with Gasteiger partial charge in [0.1, 0.15) is 11.6 Å². The highest BCUT2D eigenvalue weighted by atomic mass is 19.3. The third-order valence-electron chi connectivity index (χ3n) is 3.19. The summed E-state index contributed by atoms with van der Waals surface area (Å²) in [6, 6.07) is 7.22. The smallest absolute Gasteiger partial charge is 0.335 e. The van der Waals surface area contributed by atoms with Gasteiger partial charge in [-0.05, 0) is 12.1 Å². The van der Waals surface area contributed by atoms with Crippen LogP contribution in [0.1, 0.15) is 12.1 Å². The van der Waals surface area contributed by atoms with Crippen LogP contribution in [0.15, 0.2) is 30.6 Å². The molecule has 3 rings (SSSR count). The maximum Gasteiger partial charge on any atom is 0.335 e. The van der Waals surface area contributed by atoms with E-state index < -0.39 is 6.55 Å². The number of alkyl halides is 2. The summed E-state index contributed by atoms with van der Waals surface area (Å²) in [7, 11) is 1.71. The Morgan fingerprint density at radius 1 is 1.32 bits per heavy atom. The average Bonchev–Trinajstić information content (AvgIpc) is 2.97. The lowest BCUT2D eigenvalue weighted by Gasteiger charge is -2.06. The van der Waals surface area contributed by atoms with Crippen LogP contribution in [0.3, 0.4) is 0 Å². The number of anilines is 1. The number of halogens is 2. The second-order valence-electron chi connectivity index (χ2n) is 4.45. The Balaban J connectivity index is 2.09. The zero-order valence-corrected chi connectivity index (χ0v) is 11.5. The second-order valence-corrected chi connectivity index (χ2v) is 4.45. The zero-order chi connectivity index (χ0) is 15.7. The number of benzene rings is 1. The summed E-state index contributed by atoms with van der Waals surface area (Å²) >= 11 is 0. The largest absolute Gasteiger partial charge is 0.387 e. The number of nitrogens with zero attached hydrogens (tertiary/aromatic N) is 5. The molecule has 1 aromatic carbocycles. The molecule has 110 valence electrons. The van der Waals surface area contributed by atoms with Crippen LogP contribution in [0.4, 0.5) is 14.5 Å². The molecule has 22 heavy (non-hydrogen) atoms. The molecule has 0 fully saturated rings. The number of hydrogen-bond acceptors (Lipinski definition) is 5. The van der Waals surface area contributed by atoms with Gasteiger partial charge in [-0.15, -0.1) is 0 Å². The third kappa shape index (κ3) is 2.22. The van der Waals surface area contributed by atoms with Crippen molar-refractivity contribution >= 4 is 16.9 Å². The molecule has 0 amide bonds. The molecule has 1 N–H and O–H groups in total. The van der Waals surface area contributed by atoms with Gasteiger partial charge < -0.3 is 5.32 Å². The summed E-state index contributed by atoms with van der Waals surface area (Å²) in [5, 5.41) is 15.5. The van der Waals surface area contributed by atoms with E-state index in [1.165, 1.54) is 12.4 Å². The van der Waals surface area contributed by atoms with Gasteiger partial charge in [0.2, 0.25) is 0 Å². The first-order chi connectivity index (χ1) is 10.6. The summed E-state index contributed by atoms with van der Waals surface area (Å²) in [5.41, 5.74) is 2.72. The van der Waals surface area contributed by atoms with Crippen LogP contribution in [0.25, 0.3) is 22.4 Å². The molecule has 0 aliphatic rings. The molecule has 6 nitrogen and oxygen atoms in total. The maximum absolute atomic E-state index is 12.7. The monoisotopic (exact) mass is 300 g/mol. The van der Waals surface area contributed by atoms with Gasteiger partial charge in [0.25, 0.3) is 0 Å². The van der Waals surface area contributed by atoms with Crippen LogP contribution >= 0.6 is 0 Å². The summed E-state index contributed by atoms with van der Waals surface area (Å²) in [6.45, 7) is -2.76. The van der Waals surface area contributed by atoms with E-state index in [2.05, 4.69) is 26.5 Å². The SMILES string of the molecule is CNc1cc(-c2cnc3c(cnn3C(F)F)n2)ccc1C#N. The Kier molecular flexibility index (Phi) is 3.39. The van der Waals surface area contributed by atoms with Crippen molar-refractivity contribution in [3.63, 3.8) is 0 Å².